The van der Waals surface area contributed by atoms with E-state index >= 15 is 0 Å². The standard InChI is InChI=1S/C15H12N3O10P/c1-10(4-16)13(19)23-7-26-29(22,27-8-24-14(20)11(2)5-17)28-9-25-15(21)12(3)6-18/h1-3,7-9H2. The summed E-state index contributed by atoms with van der Waals surface area (Å²) in [5.74, 6) is -3.60. The van der Waals surface area contributed by atoms with Crippen LogP contribution in [0.5, 0.6) is 0 Å². The van der Waals surface area contributed by atoms with Gasteiger partial charge < -0.3 is 14.2 Å². The molecule has 0 heterocycles. The molecule has 0 aromatic heterocycles. The van der Waals surface area contributed by atoms with Crippen molar-refractivity contribution in [2.45, 2.75) is 0 Å². The van der Waals surface area contributed by atoms with Crippen molar-refractivity contribution in [2.75, 3.05) is 20.4 Å². The fraction of sp³-hybridized carbons (Fsp3) is 0.200. The number of carbonyl (C=O) groups is 3. The molecule has 0 unspecified atom stereocenters. The molecule has 0 amide bonds. The summed E-state index contributed by atoms with van der Waals surface area (Å²) in [5.41, 5.74) is -1.76. The minimum atomic E-state index is -4.67. The third-order valence-corrected chi connectivity index (χ3v) is 3.61. The normalized spacial score (nSPS) is 9.69. The molecule has 13 nitrogen and oxygen atoms in total. The van der Waals surface area contributed by atoms with Crippen LogP contribution in [0.3, 0.4) is 0 Å². The van der Waals surface area contributed by atoms with Gasteiger partial charge in [-0.3, -0.25) is 0 Å². The van der Waals surface area contributed by atoms with Crippen molar-refractivity contribution in [3.63, 3.8) is 0 Å². The number of phosphoric acid groups is 1. The molecule has 152 valence electrons. The fourth-order valence-electron chi connectivity index (χ4n) is 0.943. The molecule has 0 spiro atoms. The zero-order valence-corrected chi connectivity index (χ0v) is 15.5. The van der Waals surface area contributed by atoms with Crippen molar-refractivity contribution in [3.05, 3.63) is 36.5 Å². The van der Waals surface area contributed by atoms with Crippen LogP contribution in [0.25, 0.3) is 0 Å². The Morgan fingerprint density at radius 3 is 1.10 bits per heavy atom. The maximum absolute atomic E-state index is 12.4. The lowest BCUT2D eigenvalue weighted by Gasteiger charge is -2.17. The van der Waals surface area contributed by atoms with E-state index in [1.807, 2.05) is 0 Å². The van der Waals surface area contributed by atoms with Gasteiger partial charge in [-0.1, -0.05) is 19.7 Å². The number of nitriles is 3. The van der Waals surface area contributed by atoms with Gasteiger partial charge in [-0.25, -0.2) is 32.5 Å². The third-order valence-electron chi connectivity index (χ3n) is 2.35. The molecule has 0 N–H and O–H groups in total. The van der Waals surface area contributed by atoms with E-state index in [0.29, 0.717) is 0 Å². The molecule has 0 aliphatic rings. The first-order valence-corrected chi connectivity index (χ1v) is 8.38. The summed E-state index contributed by atoms with van der Waals surface area (Å²) >= 11 is 0. The number of hydrogen-bond acceptors (Lipinski definition) is 13. The first-order valence-electron chi connectivity index (χ1n) is 6.92. The number of phosphoric ester groups is 1. The van der Waals surface area contributed by atoms with Crippen molar-refractivity contribution < 1.29 is 46.7 Å². The Bertz CT molecular complexity index is 775. The zero-order chi connectivity index (χ0) is 22.4. The molecule has 14 heteroatoms. The molecular weight excluding hydrogens is 413 g/mol. The molecule has 0 aromatic rings. The van der Waals surface area contributed by atoms with E-state index < -0.39 is 62.8 Å². The van der Waals surface area contributed by atoms with Crippen molar-refractivity contribution in [1.29, 1.82) is 15.8 Å². The Hall–Kier alpha value is -3.79. The van der Waals surface area contributed by atoms with E-state index in [1.165, 1.54) is 18.2 Å². The van der Waals surface area contributed by atoms with Gasteiger partial charge in [0.2, 0.25) is 20.4 Å². The van der Waals surface area contributed by atoms with E-state index in [1.54, 1.807) is 0 Å². The summed E-state index contributed by atoms with van der Waals surface area (Å²) < 4.78 is 39.4. The number of esters is 3. The molecule has 0 aliphatic carbocycles. The first-order chi connectivity index (χ1) is 13.6. The van der Waals surface area contributed by atoms with Crippen LogP contribution < -0.4 is 0 Å². The smallest absolute Gasteiger partial charge is 0.434 e. The molecule has 0 atom stereocenters. The van der Waals surface area contributed by atoms with Crippen molar-refractivity contribution in [3.8, 4) is 18.2 Å². The summed E-state index contributed by atoms with van der Waals surface area (Å²) in [6.07, 6.45) is 0. The van der Waals surface area contributed by atoms with E-state index in [2.05, 4.69) is 47.5 Å². The number of nitrogens with zero attached hydrogens (tertiary/aromatic N) is 3. The van der Waals surface area contributed by atoms with Gasteiger partial charge in [-0.15, -0.1) is 0 Å². The summed E-state index contributed by atoms with van der Waals surface area (Å²) in [7, 11) is -4.67. The Kier molecular flexibility index (Phi) is 10.9. The molecule has 0 saturated carbocycles. The van der Waals surface area contributed by atoms with Gasteiger partial charge in [0.25, 0.3) is 0 Å². The fourth-order valence-corrected chi connectivity index (χ4v) is 1.71. The molecule has 0 bridgehead atoms. The van der Waals surface area contributed by atoms with Gasteiger partial charge in [0, 0.05) is 0 Å². The van der Waals surface area contributed by atoms with Crippen molar-refractivity contribution in [2.24, 2.45) is 0 Å². The van der Waals surface area contributed by atoms with E-state index in [0.717, 1.165) is 0 Å². The van der Waals surface area contributed by atoms with Crippen molar-refractivity contribution in [1.82, 2.24) is 0 Å². The highest BCUT2D eigenvalue weighted by atomic mass is 31.2. The average Bonchev–Trinajstić information content (AvgIpc) is 2.71. The molecule has 0 aromatic carbocycles. The maximum Gasteiger partial charge on any atom is 0.483 e. The number of carbonyl (C=O) groups excluding carboxylic acids is 3. The topological polar surface area (TPSA) is 195 Å². The molecular formula is C15H12N3O10P. The van der Waals surface area contributed by atoms with Crippen molar-refractivity contribution >= 4 is 25.7 Å². The summed E-state index contributed by atoms with van der Waals surface area (Å²) in [6, 6.07) is 4.19. The lowest BCUT2D eigenvalue weighted by molar-refractivity contribution is -0.151. The Labute approximate surface area is 164 Å². The van der Waals surface area contributed by atoms with Gasteiger partial charge >= 0.3 is 25.7 Å². The maximum atomic E-state index is 12.4. The van der Waals surface area contributed by atoms with Gasteiger partial charge in [0.05, 0.1) is 0 Å². The second kappa shape index (κ2) is 12.6. The average molecular weight is 425 g/mol. The first kappa shape index (κ1) is 25.2. The Morgan fingerprint density at radius 2 is 0.897 bits per heavy atom. The van der Waals surface area contributed by atoms with Crippen LogP contribution >= 0.6 is 7.82 Å². The highest BCUT2D eigenvalue weighted by Gasteiger charge is 2.30. The molecule has 0 saturated heterocycles. The summed E-state index contributed by atoms with van der Waals surface area (Å²) in [4.78, 5) is 33.8. The molecule has 0 aliphatic heterocycles. The number of rotatable bonds is 12. The van der Waals surface area contributed by atoms with Crippen LogP contribution in [0.4, 0.5) is 0 Å². The minimum absolute atomic E-state index is 0.585. The van der Waals surface area contributed by atoms with Gasteiger partial charge in [0.15, 0.2) is 0 Å². The number of ether oxygens (including phenoxy) is 3. The predicted molar refractivity (Wildman–Crippen MR) is 88.0 cm³/mol. The quantitative estimate of drug-likeness (QED) is 0.107. The Morgan fingerprint density at radius 1 is 0.655 bits per heavy atom. The lowest BCUT2D eigenvalue weighted by Crippen LogP contribution is -2.15. The van der Waals surface area contributed by atoms with Crippen LogP contribution in [0.1, 0.15) is 0 Å². The summed E-state index contributed by atoms with van der Waals surface area (Å²) in [5, 5.41) is 25.4. The van der Waals surface area contributed by atoms with Crippen LogP contribution in [0.2, 0.25) is 0 Å². The molecule has 29 heavy (non-hydrogen) atoms. The van der Waals surface area contributed by atoms with E-state index in [4.69, 9.17) is 15.8 Å². The summed E-state index contributed by atoms with van der Waals surface area (Å²) in [6.45, 7) is 6.02. The molecule has 0 radical (unpaired) electrons. The lowest BCUT2D eigenvalue weighted by atomic mass is 10.3. The van der Waals surface area contributed by atoms with E-state index in [-0.39, 0.29) is 0 Å². The Balaban J connectivity index is 4.88. The van der Waals surface area contributed by atoms with Crippen LogP contribution in [0.15, 0.2) is 36.5 Å². The van der Waals surface area contributed by atoms with Crippen LogP contribution in [-0.4, -0.2) is 38.3 Å². The zero-order valence-electron chi connectivity index (χ0n) is 14.6. The SMILES string of the molecule is C=C(C#N)C(=O)OCOP(=O)(OCOC(=O)C(=C)C#N)OCOC(=O)C(=C)C#N. The molecule has 0 rings (SSSR count). The second-order valence-corrected chi connectivity index (χ2v) is 5.92. The highest BCUT2D eigenvalue weighted by molar-refractivity contribution is 7.48. The number of hydrogen-bond donors (Lipinski definition) is 0. The van der Waals surface area contributed by atoms with E-state index in [9.17, 15) is 18.9 Å². The predicted octanol–water partition coefficient (Wildman–Crippen LogP) is 0.886. The van der Waals surface area contributed by atoms with Gasteiger partial charge in [-0.2, -0.15) is 15.8 Å². The van der Waals surface area contributed by atoms with Crippen LogP contribution in [0, 0.1) is 34.0 Å². The second-order valence-electron chi connectivity index (χ2n) is 4.25. The highest BCUT2D eigenvalue weighted by Crippen LogP contribution is 2.49. The minimum Gasteiger partial charge on any atom is -0.434 e. The van der Waals surface area contributed by atoms with Gasteiger partial charge in [0.1, 0.15) is 34.9 Å². The molecule has 0 fully saturated rings. The van der Waals surface area contributed by atoms with Gasteiger partial charge in [-0.05, 0) is 0 Å². The monoisotopic (exact) mass is 425 g/mol. The third kappa shape index (κ3) is 9.63. The largest absolute Gasteiger partial charge is 0.483 e. The van der Waals surface area contributed by atoms with Crippen LogP contribution in [-0.2, 0) is 46.7 Å².